The molecule has 0 aliphatic carbocycles. The van der Waals surface area contributed by atoms with Crippen molar-refractivity contribution in [1.29, 1.82) is 0 Å². The second-order valence-corrected chi connectivity index (χ2v) is 7.25. The number of aliphatic hydroxyl groups is 1. The predicted molar refractivity (Wildman–Crippen MR) is 107 cm³/mol. The summed E-state index contributed by atoms with van der Waals surface area (Å²) in [5.41, 5.74) is 2.11. The summed E-state index contributed by atoms with van der Waals surface area (Å²) in [5.74, 6) is 1.65. The minimum atomic E-state index is -0.509. The zero-order valence-corrected chi connectivity index (χ0v) is 16.8. The lowest BCUT2D eigenvalue weighted by Crippen LogP contribution is -2.47. The molecule has 0 spiro atoms. The van der Waals surface area contributed by atoms with Crippen LogP contribution in [-0.2, 0) is 0 Å². The molecular formula is C20H25BrN2O3. The van der Waals surface area contributed by atoms with Gasteiger partial charge in [-0.1, -0.05) is 6.07 Å². The number of aliphatic hydroxyl groups excluding tert-OH is 1. The molecule has 1 atom stereocenters. The van der Waals surface area contributed by atoms with Gasteiger partial charge in [-0.25, -0.2) is 0 Å². The highest BCUT2D eigenvalue weighted by Gasteiger charge is 2.20. The van der Waals surface area contributed by atoms with Crippen molar-refractivity contribution in [2.45, 2.75) is 6.10 Å². The quantitative estimate of drug-likeness (QED) is 0.776. The Kier molecular flexibility index (Phi) is 6.40. The topological polar surface area (TPSA) is 45.2 Å². The summed E-state index contributed by atoms with van der Waals surface area (Å²) in [5, 5.41) is 10.6. The van der Waals surface area contributed by atoms with Crippen molar-refractivity contribution in [3.05, 3.63) is 52.5 Å². The molecule has 0 amide bonds. The van der Waals surface area contributed by atoms with E-state index in [0.717, 1.165) is 47.7 Å². The van der Waals surface area contributed by atoms with Gasteiger partial charge in [-0.15, -0.1) is 0 Å². The Morgan fingerprint density at radius 3 is 2.27 bits per heavy atom. The van der Waals surface area contributed by atoms with E-state index in [9.17, 15) is 5.11 Å². The first-order valence-corrected chi connectivity index (χ1v) is 9.53. The molecule has 0 aromatic heterocycles. The molecule has 1 aliphatic heterocycles. The van der Waals surface area contributed by atoms with E-state index in [1.54, 1.807) is 14.2 Å². The van der Waals surface area contributed by atoms with Gasteiger partial charge >= 0.3 is 0 Å². The van der Waals surface area contributed by atoms with Crippen molar-refractivity contribution in [3.63, 3.8) is 0 Å². The minimum absolute atomic E-state index is 0.509. The van der Waals surface area contributed by atoms with Crippen LogP contribution in [-0.4, -0.2) is 56.9 Å². The highest BCUT2D eigenvalue weighted by atomic mass is 79.9. The number of methoxy groups -OCH3 is 2. The first kappa shape index (κ1) is 19.0. The molecule has 140 valence electrons. The Morgan fingerprint density at radius 2 is 1.69 bits per heavy atom. The third-order valence-corrected chi connectivity index (χ3v) is 5.42. The Bertz CT molecular complexity index is 715. The molecule has 0 bridgehead atoms. The number of hydrogen-bond acceptors (Lipinski definition) is 5. The SMILES string of the molecule is COc1ccc(N2CCN(CC(O)c3ccc(OC)c(Br)c3)CC2)cc1. The number of rotatable bonds is 6. The summed E-state index contributed by atoms with van der Waals surface area (Å²) in [6, 6.07) is 13.9. The van der Waals surface area contributed by atoms with Gasteiger partial charge < -0.3 is 19.5 Å². The molecule has 6 heteroatoms. The second kappa shape index (κ2) is 8.75. The van der Waals surface area contributed by atoms with Gasteiger partial charge in [0, 0.05) is 38.4 Å². The van der Waals surface area contributed by atoms with Crippen LogP contribution in [0.3, 0.4) is 0 Å². The van der Waals surface area contributed by atoms with Crippen molar-refractivity contribution in [1.82, 2.24) is 4.90 Å². The van der Waals surface area contributed by atoms with Gasteiger partial charge in [0.1, 0.15) is 11.5 Å². The third kappa shape index (κ3) is 4.50. The average Bonchev–Trinajstić information content (AvgIpc) is 2.68. The molecule has 0 radical (unpaired) electrons. The molecule has 3 rings (SSSR count). The summed E-state index contributed by atoms with van der Waals surface area (Å²) in [4.78, 5) is 4.68. The highest BCUT2D eigenvalue weighted by Crippen LogP contribution is 2.28. The summed E-state index contributed by atoms with van der Waals surface area (Å²) in [7, 11) is 3.32. The molecule has 0 saturated carbocycles. The highest BCUT2D eigenvalue weighted by molar-refractivity contribution is 9.10. The zero-order valence-electron chi connectivity index (χ0n) is 15.2. The fourth-order valence-electron chi connectivity index (χ4n) is 3.22. The van der Waals surface area contributed by atoms with E-state index in [4.69, 9.17) is 9.47 Å². The van der Waals surface area contributed by atoms with E-state index < -0.39 is 6.10 Å². The summed E-state index contributed by atoms with van der Waals surface area (Å²) >= 11 is 3.48. The van der Waals surface area contributed by atoms with E-state index >= 15 is 0 Å². The molecular weight excluding hydrogens is 396 g/mol. The van der Waals surface area contributed by atoms with Crippen LogP contribution in [0.2, 0.25) is 0 Å². The van der Waals surface area contributed by atoms with Crippen molar-refractivity contribution in [2.24, 2.45) is 0 Å². The lowest BCUT2D eigenvalue weighted by molar-refractivity contribution is 0.109. The van der Waals surface area contributed by atoms with Gasteiger partial charge in [-0.05, 0) is 57.9 Å². The average molecular weight is 421 g/mol. The molecule has 5 nitrogen and oxygen atoms in total. The summed E-state index contributed by atoms with van der Waals surface area (Å²) < 4.78 is 11.3. The molecule has 26 heavy (non-hydrogen) atoms. The van der Waals surface area contributed by atoms with Crippen LogP contribution >= 0.6 is 15.9 Å². The zero-order chi connectivity index (χ0) is 18.5. The van der Waals surface area contributed by atoms with Crippen LogP contribution in [0.15, 0.2) is 46.9 Å². The third-order valence-electron chi connectivity index (χ3n) is 4.80. The largest absolute Gasteiger partial charge is 0.497 e. The number of hydrogen-bond donors (Lipinski definition) is 1. The second-order valence-electron chi connectivity index (χ2n) is 6.40. The smallest absolute Gasteiger partial charge is 0.133 e. The minimum Gasteiger partial charge on any atom is -0.497 e. The standard InChI is InChI=1S/C20H25BrN2O3/c1-25-17-6-4-16(5-7-17)23-11-9-22(10-12-23)14-19(24)15-3-8-20(26-2)18(21)13-15/h3-8,13,19,24H,9-12,14H2,1-2H3. The maximum Gasteiger partial charge on any atom is 0.133 e. The van der Waals surface area contributed by atoms with Crippen molar-refractivity contribution >= 4 is 21.6 Å². The fourth-order valence-corrected chi connectivity index (χ4v) is 3.78. The van der Waals surface area contributed by atoms with Gasteiger partial charge in [0.15, 0.2) is 0 Å². The normalized spacial score (nSPS) is 16.4. The fraction of sp³-hybridized carbons (Fsp3) is 0.400. The van der Waals surface area contributed by atoms with Crippen LogP contribution < -0.4 is 14.4 Å². The van der Waals surface area contributed by atoms with Gasteiger partial charge in [0.05, 0.1) is 24.8 Å². The maximum atomic E-state index is 10.6. The van der Waals surface area contributed by atoms with Crippen molar-refractivity contribution in [2.75, 3.05) is 51.8 Å². The van der Waals surface area contributed by atoms with Crippen LogP contribution in [0.1, 0.15) is 11.7 Å². The molecule has 2 aromatic carbocycles. The number of ether oxygens (including phenoxy) is 2. The van der Waals surface area contributed by atoms with Crippen molar-refractivity contribution < 1.29 is 14.6 Å². The molecule has 2 aromatic rings. The van der Waals surface area contributed by atoms with E-state index in [2.05, 4.69) is 37.9 Å². The number of piperazine rings is 1. The van der Waals surface area contributed by atoms with Crippen LogP contribution in [0.25, 0.3) is 0 Å². The number of benzene rings is 2. The monoisotopic (exact) mass is 420 g/mol. The van der Waals surface area contributed by atoms with E-state index in [1.807, 2.05) is 30.3 Å². The first-order chi connectivity index (χ1) is 12.6. The Morgan fingerprint density at radius 1 is 1.00 bits per heavy atom. The maximum absolute atomic E-state index is 10.6. The van der Waals surface area contributed by atoms with Crippen molar-refractivity contribution in [3.8, 4) is 11.5 Å². The predicted octanol–water partition coefficient (Wildman–Crippen LogP) is 3.32. The van der Waals surface area contributed by atoms with E-state index in [1.165, 1.54) is 5.69 Å². The molecule has 1 saturated heterocycles. The Balaban J connectivity index is 1.53. The van der Waals surface area contributed by atoms with E-state index in [-0.39, 0.29) is 0 Å². The Labute approximate surface area is 163 Å². The van der Waals surface area contributed by atoms with Crippen LogP contribution in [0.4, 0.5) is 5.69 Å². The first-order valence-electron chi connectivity index (χ1n) is 8.73. The van der Waals surface area contributed by atoms with Gasteiger partial charge in [0.2, 0.25) is 0 Å². The number of halogens is 1. The Hall–Kier alpha value is -1.76. The van der Waals surface area contributed by atoms with E-state index in [0.29, 0.717) is 6.54 Å². The lowest BCUT2D eigenvalue weighted by atomic mass is 10.1. The number of anilines is 1. The number of β-amino-alcohol motifs (C(OH)–C–C–N with tert-alkyl or cyclic N) is 1. The molecule has 1 unspecified atom stereocenters. The van der Waals surface area contributed by atoms with Crippen LogP contribution in [0.5, 0.6) is 11.5 Å². The van der Waals surface area contributed by atoms with Gasteiger partial charge in [-0.3, -0.25) is 4.90 Å². The molecule has 1 N–H and O–H groups in total. The molecule has 1 fully saturated rings. The summed E-state index contributed by atoms with van der Waals surface area (Å²) in [6.45, 7) is 4.40. The van der Waals surface area contributed by atoms with Gasteiger partial charge in [-0.2, -0.15) is 0 Å². The summed E-state index contributed by atoms with van der Waals surface area (Å²) in [6.07, 6.45) is -0.509. The number of nitrogens with zero attached hydrogens (tertiary/aromatic N) is 2. The van der Waals surface area contributed by atoms with Gasteiger partial charge in [0.25, 0.3) is 0 Å². The lowest BCUT2D eigenvalue weighted by Gasteiger charge is -2.37. The van der Waals surface area contributed by atoms with Crippen LogP contribution in [0, 0.1) is 0 Å². The molecule has 1 aliphatic rings. The molecule has 1 heterocycles.